The SMILES string of the molecule is CC[C@H](C)OCc1c(S(=O)(=O)Cl)cnn1CCC(F)(F)F. The van der Waals surface area contributed by atoms with Crippen molar-refractivity contribution in [3.8, 4) is 0 Å². The fourth-order valence-electron chi connectivity index (χ4n) is 1.51. The van der Waals surface area contributed by atoms with Crippen LogP contribution < -0.4 is 0 Å². The van der Waals surface area contributed by atoms with Crippen LogP contribution in [0.3, 0.4) is 0 Å². The van der Waals surface area contributed by atoms with Gasteiger partial charge in [-0.1, -0.05) is 6.92 Å². The first-order valence-corrected chi connectivity index (χ1v) is 8.53. The second kappa shape index (κ2) is 6.97. The summed E-state index contributed by atoms with van der Waals surface area (Å²) in [6.07, 6.45) is -4.02. The van der Waals surface area contributed by atoms with Crippen molar-refractivity contribution in [1.82, 2.24) is 9.78 Å². The van der Waals surface area contributed by atoms with Gasteiger partial charge in [-0.25, -0.2) is 8.42 Å². The van der Waals surface area contributed by atoms with Gasteiger partial charge < -0.3 is 4.74 Å². The van der Waals surface area contributed by atoms with E-state index < -0.39 is 28.2 Å². The summed E-state index contributed by atoms with van der Waals surface area (Å²) in [4.78, 5) is -0.324. The van der Waals surface area contributed by atoms with Gasteiger partial charge in [0.1, 0.15) is 4.90 Å². The summed E-state index contributed by atoms with van der Waals surface area (Å²) in [6.45, 7) is 2.97. The molecule has 1 aromatic heterocycles. The number of aryl methyl sites for hydroxylation is 1. The molecule has 122 valence electrons. The van der Waals surface area contributed by atoms with Gasteiger partial charge in [0.05, 0.1) is 31.0 Å². The molecule has 0 unspecified atom stereocenters. The molecule has 5 nitrogen and oxygen atoms in total. The quantitative estimate of drug-likeness (QED) is 0.710. The summed E-state index contributed by atoms with van der Waals surface area (Å²) in [5.74, 6) is 0. The molecule has 1 rings (SSSR count). The first kappa shape index (κ1) is 18.2. The molecular formula is C11H16ClF3N2O3S. The average Bonchev–Trinajstić information content (AvgIpc) is 2.75. The van der Waals surface area contributed by atoms with Crippen molar-refractivity contribution in [3.05, 3.63) is 11.9 Å². The molecular weight excluding hydrogens is 333 g/mol. The fraction of sp³-hybridized carbons (Fsp3) is 0.727. The van der Waals surface area contributed by atoms with E-state index in [2.05, 4.69) is 5.10 Å². The van der Waals surface area contributed by atoms with Gasteiger partial charge in [-0.2, -0.15) is 18.3 Å². The van der Waals surface area contributed by atoms with Crippen LogP contribution in [0.25, 0.3) is 0 Å². The van der Waals surface area contributed by atoms with Crippen molar-refractivity contribution < 1.29 is 26.3 Å². The van der Waals surface area contributed by atoms with Gasteiger partial charge in [-0.3, -0.25) is 4.68 Å². The molecule has 21 heavy (non-hydrogen) atoms. The molecule has 0 aliphatic rings. The Hall–Kier alpha value is -0.800. The topological polar surface area (TPSA) is 61.2 Å². The number of halogens is 4. The van der Waals surface area contributed by atoms with Crippen molar-refractivity contribution >= 4 is 19.7 Å². The largest absolute Gasteiger partial charge is 0.390 e. The summed E-state index contributed by atoms with van der Waals surface area (Å²) < 4.78 is 66.0. The predicted molar refractivity (Wildman–Crippen MR) is 70.5 cm³/mol. The Morgan fingerprint density at radius 2 is 2.10 bits per heavy atom. The molecule has 0 aliphatic carbocycles. The zero-order valence-corrected chi connectivity index (χ0v) is 13.1. The maximum atomic E-state index is 12.3. The molecule has 0 spiro atoms. The number of alkyl halides is 3. The summed E-state index contributed by atoms with van der Waals surface area (Å²) in [5.41, 5.74) is 0.0227. The lowest BCUT2D eigenvalue weighted by molar-refractivity contribution is -0.137. The van der Waals surface area contributed by atoms with Gasteiger partial charge in [-0.15, -0.1) is 0 Å². The zero-order valence-electron chi connectivity index (χ0n) is 11.5. The van der Waals surface area contributed by atoms with Crippen LogP contribution >= 0.6 is 10.7 Å². The van der Waals surface area contributed by atoms with E-state index in [4.69, 9.17) is 15.4 Å². The molecule has 1 aromatic rings. The van der Waals surface area contributed by atoms with Gasteiger partial charge >= 0.3 is 6.18 Å². The van der Waals surface area contributed by atoms with Gasteiger partial charge in [0, 0.05) is 17.2 Å². The Bertz CT molecular complexity index is 572. The second-order valence-corrected chi connectivity index (χ2v) is 7.05. The lowest BCUT2D eigenvalue weighted by Crippen LogP contribution is -2.17. The first-order chi connectivity index (χ1) is 9.54. The minimum atomic E-state index is -4.36. The van der Waals surface area contributed by atoms with E-state index in [9.17, 15) is 21.6 Å². The Kier molecular flexibility index (Phi) is 6.06. The molecule has 0 N–H and O–H groups in total. The van der Waals surface area contributed by atoms with E-state index in [0.29, 0.717) is 6.42 Å². The Balaban J connectivity index is 3.00. The van der Waals surface area contributed by atoms with Crippen LogP contribution in [-0.2, 0) is 26.9 Å². The summed E-state index contributed by atoms with van der Waals surface area (Å²) in [6, 6.07) is 0. The summed E-state index contributed by atoms with van der Waals surface area (Å²) in [5, 5.41) is 3.66. The number of rotatable bonds is 7. The smallest absolute Gasteiger partial charge is 0.372 e. The molecule has 0 fully saturated rings. The van der Waals surface area contributed by atoms with Gasteiger partial charge in [-0.05, 0) is 13.3 Å². The molecule has 0 aromatic carbocycles. The van der Waals surface area contributed by atoms with E-state index in [-0.39, 0.29) is 23.3 Å². The van der Waals surface area contributed by atoms with Gasteiger partial charge in [0.25, 0.3) is 9.05 Å². The Morgan fingerprint density at radius 1 is 1.48 bits per heavy atom. The van der Waals surface area contributed by atoms with E-state index in [0.717, 1.165) is 10.9 Å². The number of aromatic nitrogens is 2. The highest BCUT2D eigenvalue weighted by Gasteiger charge is 2.29. The molecule has 0 saturated carbocycles. The number of hydrogen-bond acceptors (Lipinski definition) is 4. The van der Waals surface area contributed by atoms with Crippen LogP contribution in [0.1, 0.15) is 32.4 Å². The standard InChI is InChI=1S/C11H16ClF3N2O3S/c1-3-8(2)20-7-9-10(21(12,18)19)6-16-17(9)5-4-11(13,14)15/h6,8H,3-5,7H2,1-2H3/t8-/m0/s1. The zero-order chi connectivity index (χ0) is 16.3. The molecule has 0 saturated heterocycles. The fourth-order valence-corrected chi connectivity index (χ4v) is 2.51. The minimum Gasteiger partial charge on any atom is -0.372 e. The highest BCUT2D eigenvalue weighted by atomic mass is 35.7. The van der Waals surface area contributed by atoms with Crippen LogP contribution in [0, 0.1) is 0 Å². The van der Waals surface area contributed by atoms with Crippen LogP contribution in [-0.4, -0.2) is 30.5 Å². The third-order valence-corrected chi connectivity index (χ3v) is 4.22. The normalized spacial score (nSPS) is 14.4. The average molecular weight is 349 g/mol. The van der Waals surface area contributed by atoms with E-state index >= 15 is 0 Å². The lowest BCUT2D eigenvalue weighted by atomic mass is 10.3. The number of nitrogens with zero attached hydrogens (tertiary/aromatic N) is 2. The molecule has 1 heterocycles. The van der Waals surface area contributed by atoms with Crippen molar-refractivity contribution in [3.63, 3.8) is 0 Å². The van der Waals surface area contributed by atoms with Gasteiger partial charge in [0.15, 0.2) is 0 Å². The molecule has 10 heteroatoms. The van der Waals surface area contributed by atoms with Crippen LogP contribution in [0.4, 0.5) is 13.2 Å². The van der Waals surface area contributed by atoms with Crippen LogP contribution in [0.5, 0.6) is 0 Å². The van der Waals surface area contributed by atoms with E-state index in [1.54, 1.807) is 6.92 Å². The lowest BCUT2D eigenvalue weighted by Gasteiger charge is -2.14. The van der Waals surface area contributed by atoms with Crippen molar-refractivity contribution in [2.45, 2.75) is 57.0 Å². The number of hydrogen-bond donors (Lipinski definition) is 0. The maximum Gasteiger partial charge on any atom is 0.390 e. The van der Waals surface area contributed by atoms with Crippen molar-refractivity contribution in [2.75, 3.05) is 0 Å². The minimum absolute atomic E-state index is 0.0227. The van der Waals surface area contributed by atoms with Crippen molar-refractivity contribution in [2.24, 2.45) is 0 Å². The van der Waals surface area contributed by atoms with E-state index in [1.165, 1.54) is 0 Å². The Morgan fingerprint density at radius 3 is 2.57 bits per heavy atom. The molecule has 0 amide bonds. The monoisotopic (exact) mass is 348 g/mol. The van der Waals surface area contributed by atoms with Crippen molar-refractivity contribution in [1.29, 1.82) is 0 Å². The summed E-state index contributed by atoms with van der Waals surface area (Å²) >= 11 is 0. The maximum absolute atomic E-state index is 12.3. The molecule has 0 bridgehead atoms. The van der Waals surface area contributed by atoms with Gasteiger partial charge in [0.2, 0.25) is 0 Å². The first-order valence-electron chi connectivity index (χ1n) is 6.22. The summed E-state index contributed by atoms with van der Waals surface area (Å²) in [7, 11) is 1.16. The second-order valence-electron chi connectivity index (χ2n) is 4.51. The number of ether oxygens (including phenoxy) is 1. The molecule has 1 atom stereocenters. The third-order valence-electron chi connectivity index (χ3n) is 2.86. The molecule has 0 aliphatic heterocycles. The van der Waals surface area contributed by atoms with Crippen LogP contribution in [0.15, 0.2) is 11.1 Å². The Labute approximate surface area is 125 Å². The van der Waals surface area contributed by atoms with Crippen LogP contribution in [0.2, 0.25) is 0 Å². The highest BCUT2D eigenvalue weighted by Crippen LogP contribution is 2.24. The predicted octanol–water partition coefficient (Wildman–Crippen LogP) is 3.08. The van der Waals surface area contributed by atoms with E-state index in [1.807, 2.05) is 6.92 Å². The molecule has 0 radical (unpaired) electrons. The third kappa shape index (κ3) is 5.84. The highest BCUT2D eigenvalue weighted by molar-refractivity contribution is 8.13.